The molecule has 3 atom stereocenters. The van der Waals surface area contributed by atoms with Crippen LogP contribution in [0.3, 0.4) is 0 Å². The van der Waals surface area contributed by atoms with E-state index in [-0.39, 0.29) is 33.4 Å². The molecule has 4 aromatic heterocycles. The summed E-state index contributed by atoms with van der Waals surface area (Å²) < 4.78 is 7.81. The number of aliphatic hydroxyl groups is 3. The Labute approximate surface area is 451 Å². The van der Waals surface area contributed by atoms with E-state index < -0.39 is 87.8 Å². The number of aliphatic hydroxyl groups excluding tert-OH is 3. The number of pyridine rings is 3. The average Bonchev–Trinajstić information content (AvgIpc) is 3.75. The fraction of sp³-hybridized carbons (Fsp3) is 0.259. The number of nitrogen functional groups attached to an aromatic ring is 1. The number of carbonyl (C=O) groups excluding carboxylic acids is 4. The molecule has 1 saturated carbocycles. The average molecular weight is 1100 g/mol. The summed E-state index contributed by atoms with van der Waals surface area (Å²) in [5.41, 5.74) is 20.0. The molecule has 0 unspecified atom stereocenters. The van der Waals surface area contributed by atoms with Crippen LogP contribution in [0.15, 0.2) is 146 Å². The minimum absolute atomic E-state index is 0.0473. The van der Waals surface area contributed by atoms with Gasteiger partial charge in [-0.05, 0) is 79.4 Å². The van der Waals surface area contributed by atoms with Crippen molar-refractivity contribution in [3.63, 3.8) is 0 Å². The molecule has 0 aliphatic heterocycles. The van der Waals surface area contributed by atoms with Crippen molar-refractivity contribution >= 4 is 89.5 Å². The number of amides is 4. The number of rotatable bonds is 14. The second kappa shape index (κ2) is 26.9. The summed E-state index contributed by atoms with van der Waals surface area (Å²) in [6, 6.07) is 21.0. The number of fused-ring (bicyclic) bond motifs is 4. The van der Waals surface area contributed by atoms with Crippen molar-refractivity contribution in [1.29, 1.82) is 0 Å². The van der Waals surface area contributed by atoms with Crippen LogP contribution in [0.2, 0.25) is 0 Å². The Balaban J connectivity index is 0.000000177. The molecule has 8 aromatic rings. The number of benzene rings is 4. The van der Waals surface area contributed by atoms with Gasteiger partial charge in [-0.1, -0.05) is 49.9 Å². The van der Waals surface area contributed by atoms with Gasteiger partial charge in [0, 0.05) is 70.1 Å². The quantitative estimate of drug-likeness (QED) is 0.0334. The molecule has 4 amide bonds. The number of nitrogens with one attached hydrogen (secondary N) is 1. The first-order valence-electron chi connectivity index (χ1n) is 24.7. The summed E-state index contributed by atoms with van der Waals surface area (Å²) in [4.78, 5) is 115. The maximum atomic E-state index is 12.8. The number of anilines is 2. The minimum atomic E-state index is -1.20. The number of carbonyl (C=O) groups is 4. The Kier molecular flexibility index (Phi) is 20.0. The predicted octanol–water partition coefficient (Wildman–Crippen LogP) is 3.55. The van der Waals surface area contributed by atoms with Crippen molar-refractivity contribution in [2.75, 3.05) is 30.9 Å². The van der Waals surface area contributed by atoms with Gasteiger partial charge in [-0.15, -0.1) is 0 Å². The van der Waals surface area contributed by atoms with Crippen LogP contribution in [0.25, 0.3) is 43.1 Å². The number of aromatic nitrogens is 3. The van der Waals surface area contributed by atoms with Crippen molar-refractivity contribution < 1.29 is 48.8 Å². The highest BCUT2D eigenvalue weighted by molar-refractivity contribution is 6.02. The van der Waals surface area contributed by atoms with Gasteiger partial charge in [-0.3, -0.25) is 53.8 Å². The fourth-order valence-electron chi connectivity index (χ4n) is 9.16. The largest absolute Gasteiger partial charge is 0.431 e. The van der Waals surface area contributed by atoms with Gasteiger partial charge in [-0.25, -0.2) is 4.79 Å². The zero-order valence-electron chi connectivity index (χ0n) is 42.6. The third kappa shape index (κ3) is 13.6. The topological polar surface area (TPSA) is 428 Å². The van der Waals surface area contributed by atoms with Crippen LogP contribution in [-0.4, -0.2) is 82.3 Å². The monoisotopic (exact) mass is 1100 g/mol. The number of nitro groups is 2. The van der Waals surface area contributed by atoms with Gasteiger partial charge in [0.15, 0.2) is 0 Å². The second-order valence-corrected chi connectivity index (χ2v) is 18.3. The van der Waals surface area contributed by atoms with Gasteiger partial charge in [-0.2, -0.15) is 0 Å². The van der Waals surface area contributed by atoms with E-state index in [0.29, 0.717) is 50.6 Å². The number of hydrogen-bond donors (Lipinski definition) is 8. The highest BCUT2D eigenvalue weighted by Gasteiger charge is 2.23. The third-order valence-electron chi connectivity index (χ3n) is 13.3. The second-order valence-electron chi connectivity index (χ2n) is 18.3. The molecule has 9 rings (SSSR count). The van der Waals surface area contributed by atoms with E-state index in [2.05, 4.69) is 9.73 Å². The maximum absolute atomic E-state index is 12.8. The Morgan fingerprint density at radius 2 is 0.950 bits per heavy atom. The maximum Gasteiger partial charge on any atom is 0.343 e. The number of nitrogens with zero attached hydrogens (tertiary/aromatic N) is 5. The Hall–Kier alpha value is -9.92. The standard InChI is InChI=1S/C21H27N3O4.C12H11N3O5.C12H13N3O3.C9H5NO4/c22-20(27)18(13-25)24-11-10-15-16(21(24)28)8-5-9-17(15)23-19(26)12-14-6-3-1-2-4-7-14;13-11(17)10(6-16)14-5-4-7-8(12(14)18)2-1-3-9(7)15(19)20;13-9-3-1-2-8-7(9)4-5-15(12(8)18)10(6-16)11(14)17;11-9-7-2-1-3-8(10(12)13)6(7)4-5-14-9/h5,8-11,14,18,25H,1-4,6-7,12-13H2,(H2,22,27)(H,23,26);1-5,10,16H,6H2,(H2,13,17);1-5,10,16H,6,13H2,(H2,14,17);1-5H/t18-;2*10-;/m000./s1. The highest BCUT2D eigenvalue weighted by Crippen LogP contribution is 2.28. The van der Waals surface area contributed by atoms with Crippen LogP contribution in [-0.2, 0) is 19.2 Å². The molecular formula is C54H56N10O16. The summed E-state index contributed by atoms with van der Waals surface area (Å²) in [7, 11) is 0. The fourth-order valence-corrected chi connectivity index (χ4v) is 9.16. The number of non-ortho nitro benzene ring substituents is 2. The Morgan fingerprint density at radius 3 is 1.41 bits per heavy atom. The van der Waals surface area contributed by atoms with Gasteiger partial charge in [0.05, 0.1) is 57.5 Å². The molecule has 26 heteroatoms. The third-order valence-corrected chi connectivity index (χ3v) is 13.3. The molecule has 4 aromatic carbocycles. The molecule has 0 spiro atoms. The zero-order chi connectivity index (χ0) is 58.4. The molecule has 4 heterocycles. The molecule has 26 nitrogen and oxygen atoms in total. The van der Waals surface area contributed by atoms with E-state index in [0.717, 1.165) is 32.8 Å². The summed E-state index contributed by atoms with van der Waals surface area (Å²) in [6.07, 6.45) is 12.7. The molecule has 418 valence electrons. The Morgan fingerprint density at radius 1 is 0.550 bits per heavy atom. The summed E-state index contributed by atoms with van der Waals surface area (Å²) >= 11 is 0. The minimum Gasteiger partial charge on any atom is -0.431 e. The van der Waals surface area contributed by atoms with Crippen molar-refractivity contribution in [2.24, 2.45) is 23.1 Å². The molecule has 0 radical (unpaired) electrons. The van der Waals surface area contributed by atoms with E-state index >= 15 is 0 Å². The smallest absolute Gasteiger partial charge is 0.343 e. The first-order chi connectivity index (χ1) is 38.2. The van der Waals surface area contributed by atoms with Crippen molar-refractivity contribution in [2.45, 2.75) is 63.1 Å². The zero-order valence-corrected chi connectivity index (χ0v) is 42.6. The molecule has 1 aliphatic carbocycles. The number of nitrogens with two attached hydrogens (primary N) is 4. The SMILES string of the molecule is NC(=O)[C@H](CO)n1ccc2c(N)cccc2c1=O.NC(=O)[C@H](CO)n1ccc2c(NC(=O)CC3CCCCCC3)cccc2c1=O.NC(=O)[C@H](CO)n1ccc2c([N+](=O)[O-])cccc2c1=O.O=c1occc2c([N+](=O)[O-])cccc12. The van der Waals surface area contributed by atoms with Gasteiger partial charge in [0.25, 0.3) is 28.1 Å². The lowest BCUT2D eigenvalue weighted by molar-refractivity contribution is -0.383. The van der Waals surface area contributed by atoms with E-state index in [9.17, 15) is 63.7 Å². The molecule has 0 bridgehead atoms. The molecule has 12 N–H and O–H groups in total. The number of primary amides is 3. The highest BCUT2D eigenvalue weighted by atomic mass is 16.6. The first kappa shape index (κ1) is 59.3. The van der Waals surface area contributed by atoms with Crippen LogP contribution in [0.4, 0.5) is 22.7 Å². The van der Waals surface area contributed by atoms with E-state index in [1.54, 1.807) is 48.5 Å². The van der Waals surface area contributed by atoms with Crippen LogP contribution in [0.5, 0.6) is 0 Å². The Bertz CT molecular complexity index is 3880. The van der Waals surface area contributed by atoms with Crippen LogP contribution >= 0.6 is 0 Å². The van der Waals surface area contributed by atoms with Crippen molar-refractivity contribution in [3.05, 3.63) is 184 Å². The van der Waals surface area contributed by atoms with Crippen LogP contribution in [0, 0.1) is 26.1 Å². The molecular weight excluding hydrogens is 1040 g/mol. The number of nitro benzene ring substituents is 2. The van der Waals surface area contributed by atoms with E-state index in [4.69, 9.17) is 33.1 Å². The van der Waals surface area contributed by atoms with Gasteiger partial charge >= 0.3 is 5.63 Å². The van der Waals surface area contributed by atoms with Gasteiger partial charge in [0.1, 0.15) is 18.1 Å². The lowest BCUT2D eigenvalue weighted by atomic mass is 9.96. The number of hydrogen-bond acceptors (Lipinski definition) is 17. The molecule has 1 aliphatic rings. The first-order valence-corrected chi connectivity index (χ1v) is 24.7. The van der Waals surface area contributed by atoms with E-state index in [1.165, 1.54) is 92.8 Å². The van der Waals surface area contributed by atoms with E-state index in [1.807, 2.05) is 0 Å². The lowest BCUT2D eigenvalue weighted by Gasteiger charge is -2.17. The van der Waals surface area contributed by atoms with Crippen molar-refractivity contribution in [3.8, 4) is 0 Å². The molecule has 80 heavy (non-hydrogen) atoms. The van der Waals surface area contributed by atoms with Crippen molar-refractivity contribution in [1.82, 2.24) is 13.7 Å². The predicted molar refractivity (Wildman–Crippen MR) is 295 cm³/mol. The van der Waals surface area contributed by atoms with Crippen LogP contribution in [0.1, 0.15) is 63.1 Å². The van der Waals surface area contributed by atoms with Gasteiger partial charge < -0.3 is 61.7 Å². The van der Waals surface area contributed by atoms with Gasteiger partial charge in [0.2, 0.25) is 23.6 Å². The lowest BCUT2D eigenvalue weighted by Crippen LogP contribution is -2.35. The van der Waals surface area contributed by atoms with Crippen LogP contribution < -0.4 is 50.6 Å². The molecule has 0 saturated heterocycles. The molecule has 1 fully saturated rings. The normalized spacial score (nSPS) is 13.4. The summed E-state index contributed by atoms with van der Waals surface area (Å²) in [6.45, 7) is -1.71. The summed E-state index contributed by atoms with van der Waals surface area (Å²) in [5.74, 6) is -2.04. The summed E-state index contributed by atoms with van der Waals surface area (Å²) in [5, 5.41) is 54.8.